The average Bonchev–Trinajstić information content (AvgIpc) is 3.36. The van der Waals surface area contributed by atoms with Crippen molar-refractivity contribution in [2.75, 3.05) is 18.5 Å². The highest BCUT2D eigenvalue weighted by molar-refractivity contribution is 5.92. The summed E-state index contributed by atoms with van der Waals surface area (Å²) in [6.07, 6.45) is 2.37. The van der Waals surface area contributed by atoms with Crippen molar-refractivity contribution in [1.82, 2.24) is 20.2 Å². The highest BCUT2D eigenvalue weighted by Gasteiger charge is 2.20. The number of benzene rings is 2. The van der Waals surface area contributed by atoms with Gasteiger partial charge in [-0.15, -0.1) is 0 Å². The molecule has 1 fully saturated rings. The molecule has 0 saturated carbocycles. The summed E-state index contributed by atoms with van der Waals surface area (Å²) in [5.74, 6) is 1.78. The number of anilines is 1. The second-order valence-electron chi connectivity index (χ2n) is 8.25. The van der Waals surface area contributed by atoms with Crippen LogP contribution in [0, 0.1) is 0 Å². The first-order valence-electron chi connectivity index (χ1n) is 11.1. The molecule has 7 heteroatoms. The third kappa shape index (κ3) is 4.99. The number of fused-ring (bicyclic) bond motifs is 1. The maximum Gasteiger partial charge on any atom is 0.319 e. The quantitative estimate of drug-likeness (QED) is 0.529. The van der Waals surface area contributed by atoms with E-state index < -0.39 is 0 Å². The van der Waals surface area contributed by atoms with E-state index in [4.69, 9.17) is 9.72 Å². The summed E-state index contributed by atoms with van der Waals surface area (Å²) >= 11 is 0. The Morgan fingerprint density at radius 3 is 2.74 bits per heavy atom. The normalized spacial score (nSPS) is 16.1. The van der Waals surface area contributed by atoms with E-state index in [9.17, 15) is 4.79 Å². The van der Waals surface area contributed by atoms with Gasteiger partial charge in [-0.05, 0) is 82.6 Å². The van der Waals surface area contributed by atoms with Crippen molar-refractivity contribution in [2.24, 2.45) is 0 Å². The van der Waals surface area contributed by atoms with Crippen molar-refractivity contribution in [2.45, 2.75) is 52.2 Å². The summed E-state index contributed by atoms with van der Waals surface area (Å²) < 4.78 is 7.87. The fourth-order valence-corrected chi connectivity index (χ4v) is 4.04. The second-order valence-corrected chi connectivity index (χ2v) is 8.25. The van der Waals surface area contributed by atoms with E-state index in [2.05, 4.69) is 32.7 Å². The van der Waals surface area contributed by atoms with Gasteiger partial charge < -0.3 is 25.3 Å². The van der Waals surface area contributed by atoms with E-state index in [0.717, 1.165) is 53.4 Å². The van der Waals surface area contributed by atoms with E-state index in [0.29, 0.717) is 12.6 Å². The number of carbonyl (C=O) groups excluding carboxylic acids is 1. The van der Waals surface area contributed by atoms with E-state index in [1.54, 1.807) is 0 Å². The minimum absolute atomic E-state index is 0.0770. The Kier molecular flexibility index (Phi) is 6.42. The molecule has 7 nitrogen and oxygen atoms in total. The van der Waals surface area contributed by atoms with Gasteiger partial charge in [0.1, 0.15) is 11.6 Å². The Balaban J connectivity index is 1.69. The fraction of sp³-hybridized carbons (Fsp3) is 0.417. The number of nitrogens with zero attached hydrogens (tertiary/aromatic N) is 2. The van der Waals surface area contributed by atoms with Gasteiger partial charge in [0.2, 0.25) is 0 Å². The lowest BCUT2D eigenvalue weighted by molar-refractivity contribution is 0.250. The molecule has 0 aliphatic carbocycles. The van der Waals surface area contributed by atoms with Gasteiger partial charge in [0, 0.05) is 29.9 Å². The minimum Gasteiger partial charge on any atom is -0.494 e. The number of urea groups is 1. The summed E-state index contributed by atoms with van der Waals surface area (Å²) in [7, 11) is 0. The van der Waals surface area contributed by atoms with Crippen LogP contribution in [-0.4, -0.2) is 40.8 Å². The zero-order valence-corrected chi connectivity index (χ0v) is 18.4. The molecule has 2 amide bonds. The van der Waals surface area contributed by atoms with Crippen LogP contribution in [0.25, 0.3) is 22.4 Å². The molecule has 3 N–H and O–H groups in total. The summed E-state index contributed by atoms with van der Waals surface area (Å²) in [4.78, 5) is 17.1. The van der Waals surface area contributed by atoms with Gasteiger partial charge in [0.15, 0.2) is 0 Å². The lowest BCUT2D eigenvalue weighted by atomic mass is 10.2. The van der Waals surface area contributed by atoms with Gasteiger partial charge in [0.05, 0.1) is 17.6 Å². The number of rotatable bonds is 7. The summed E-state index contributed by atoms with van der Waals surface area (Å²) in [5.41, 5.74) is 3.70. The van der Waals surface area contributed by atoms with E-state index in [-0.39, 0.29) is 12.1 Å². The molecule has 0 unspecified atom stereocenters. The van der Waals surface area contributed by atoms with Gasteiger partial charge in [-0.25, -0.2) is 9.78 Å². The number of carbonyl (C=O) groups is 1. The van der Waals surface area contributed by atoms with Gasteiger partial charge in [-0.3, -0.25) is 0 Å². The number of aromatic nitrogens is 2. The monoisotopic (exact) mass is 421 g/mol. The van der Waals surface area contributed by atoms with Crippen LogP contribution in [0.2, 0.25) is 0 Å². The van der Waals surface area contributed by atoms with Crippen molar-refractivity contribution >= 4 is 22.8 Å². The van der Waals surface area contributed by atoms with Crippen LogP contribution >= 0.6 is 0 Å². The topological polar surface area (TPSA) is 80.2 Å². The molecule has 2 aromatic carbocycles. The number of imidazole rings is 1. The number of amides is 2. The minimum atomic E-state index is -0.212. The number of hydrogen-bond acceptors (Lipinski definition) is 4. The van der Waals surface area contributed by atoms with Crippen molar-refractivity contribution in [3.63, 3.8) is 0 Å². The van der Waals surface area contributed by atoms with Crippen LogP contribution in [-0.2, 0) is 6.54 Å². The van der Waals surface area contributed by atoms with Gasteiger partial charge in [-0.2, -0.15) is 0 Å². The zero-order valence-electron chi connectivity index (χ0n) is 18.4. The third-order valence-corrected chi connectivity index (χ3v) is 5.41. The first-order valence-corrected chi connectivity index (χ1v) is 11.1. The first-order chi connectivity index (χ1) is 15.0. The Hall–Kier alpha value is -3.06. The molecular formula is C24H31N5O2. The lowest BCUT2D eigenvalue weighted by Gasteiger charge is -2.15. The Bertz CT molecular complexity index is 1040. The summed E-state index contributed by atoms with van der Waals surface area (Å²) in [6.45, 7) is 8.42. The van der Waals surface area contributed by atoms with E-state index in [1.165, 1.54) is 6.42 Å². The van der Waals surface area contributed by atoms with E-state index >= 15 is 0 Å². The lowest BCUT2D eigenvalue weighted by Crippen LogP contribution is -2.34. The predicted molar refractivity (Wildman–Crippen MR) is 125 cm³/mol. The molecule has 164 valence electrons. The molecule has 1 aliphatic rings. The first kappa shape index (κ1) is 21.2. The number of nitrogens with one attached hydrogen (secondary N) is 3. The molecule has 31 heavy (non-hydrogen) atoms. The second kappa shape index (κ2) is 9.39. The third-order valence-electron chi connectivity index (χ3n) is 5.41. The highest BCUT2D eigenvalue weighted by Crippen LogP contribution is 2.29. The molecule has 4 rings (SSSR count). The maximum atomic E-state index is 12.1. The standard InChI is InChI=1S/C24H31N5O2/c1-4-31-20-10-7-17(8-11-20)23-28-21-14-18(27-24(30)26-16(2)3)9-12-22(21)29(23)15-19-6-5-13-25-19/h7-12,14,16,19,25H,4-6,13,15H2,1-3H3,(H2,26,27,30)/t19-/m0/s1. The molecule has 1 aromatic heterocycles. The molecular weight excluding hydrogens is 390 g/mol. The molecule has 1 atom stereocenters. The zero-order chi connectivity index (χ0) is 21.8. The molecule has 2 heterocycles. The maximum absolute atomic E-state index is 12.1. The Morgan fingerprint density at radius 1 is 1.26 bits per heavy atom. The summed E-state index contributed by atoms with van der Waals surface area (Å²) in [5, 5.41) is 9.34. The van der Waals surface area contributed by atoms with Gasteiger partial charge in [-0.1, -0.05) is 0 Å². The van der Waals surface area contributed by atoms with Crippen LogP contribution in [0.3, 0.4) is 0 Å². The van der Waals surface area contributed by atoms with Crippen molar-refractivity contribution in [3.05, 3.63) is 42.5 Å². The smallest absolute Gasteiger partial charge is 0.319 e. The number of ether oxygens (including phenoxy) is 1. The molecule has 1 aliphatic heterocycles. The van der Waals surface area contributed by atoms with Gasteiger partial charge in [0.25, 0.3) is 0 Å². The molecule has 3 aromatic rings. The summed E-state index contributed by atoms with van der Waals surface area (Å²) in [6, 6.07) is 14.3. The molecule has 0 spiro atoms. The van der Waals surface area contributed by atoms with E-state index in [1.807, 2.05) is 51.1 Å². The number of hydrogen-bond donors (Lipinski definition) is 3. The van der Waals surface area contributed by atoms with Gasteiger partial charge >= 0.3 is 6.03 Å². The molecule has 1 saturated heterocycles. The largest absolute Gasteiger partial charge is 0.494 e. The van der Waals surface area contributed by atoms with Crippen LogP contribution in [0.4, 0.5) is 10.5 Å². The highest BCUT2D eigenvalue weighted by atomic mass is 16.5. The molecule has 0 bridgehead atoms. The van der Waals surface area contributed by atoms with Crippen LogP contribution in [0.1, 0.15) is 33.6 Å². The van der Waals surface area contributed by atoms with Crippen LogP contribution in [0.5, 0.6) is 5.75 Å². The average molecular weight is 422 g/mol. The van der Waals surface area contributed by atoms with Crippen LogP contribution < -0.4 is 20.7 Å². The van der Waals surface area contributed by atoms with Crippen LogP contribution in [0.15, 0.2) is 42.5 Å². The predicted octanol–water partition coefficient (Wildman–Crippen LogP) is 4.38. The SMILES string of the molecule is CCOc1ccc(-c2nc3cc(NC(=O)NC(C)C)ccc3n2C[C@@H]2CCCN2)cc1. The fourth-order valence-electron chi connectivity index (χ4n) is 4.04. The molecule has 0 radical (unpaired) electrons. The Labute approximate surface area is 183 Å². The van der Waals surface area contributed by atoms with Crippen molar-refractivity contribution in [1.29, 1.82) is 0 Å². The van der Waals surface area contributed by atoms with Crippen molar-refractivity contribution < 1.29 is 9.53 Å². The Morgan fingerprint density at radius 2 is 2.06 bits per heavy atom. The van der Waals surface area contributed by atoms with Crippen molar-refractivity contribution in [3.8, 4) is 17.1 Å².